The normalized spacial score (nSPS) is 11.3. The van der Waals surface area contributed by atoms with Crippen molar-refractivity contribution in [2.45, 2.75) is 26.9 Å². The predicted octanol–water partition coefficient (Wildman–Crippen LogP) is 3.01. The van der Waals surface area contributed by atoms with Crippen molar-refractivity contribution in [1.29, 1.82) is 0 Å². The minimum absolute atomic E-state index is 0.143. The van der Waals surface area contributed by atoms with Crippen LogP contribution in [0.4, 0.5) is 18.9 Å². The summed E-state index contributed by atoms with van der Waals surface area (Å²) in [5.41, 5.74) is -0.0420. The smallest absolute Gasteiger partial charge is 0.418 e. The first-order valence-corrected chi connectivity index (χ1v) is 7.27. The standard InChI is InChI=1S/C16H16F3N3O3/c1-9-15(20-14(24)8-25-11(3)23)10(2)22(21-9)13-7-5-4-6-12(13)16(17,18)19/h4-7H,8H2,1-3H3,(H,20,24). The van der Waals surface area contributed by atoms with Crippen molar-refractivity contribution in [2.24, 2.45) is 0 Å². The first-order valence-electron chi connectivity index (χ1n) is 7.27. The van der Waals surface area contributed by atoms with Crippen LogP contribution in [0.15, 0.2) is 24.3 Å². The third kappa shape index (κ3) is 4.17. The van der Waals surface area contributed by atoms with E-state index in [1.54, 1.807) is 6.92 Å². The Morgan fingerprint density at radius 1 is 1.24 bits per heavy atom. The number of alkyl halides is 3. The third-order valence-corrected chi connectivity index (χ3v) is 3.40. The van der Waals surface area contributed by atoms with E-state index in [1.165, 1.54) is 25.1 Å². The van der Waals surface area contributed by atoms with Crippen LogP contribution < -0.4 is 5.32 Å². The Morgan fingerprint density at radius 3 is 2.48 bits per heavy atom. The van der Waals surface area contributed by atoms with Crippen molar-refractivity contribution in [3.05, 3.63) is 41.2 Å². The van der Waals surface area contributed by atoms with E-state index < -0.39 is 30.2 Å². The summed E-state index contributed by atoms with van der Waals surface area (Å²) in [5.74, 6) is -1.22. The minimum Gasteiger partial charge on any atom is -0.456 e. The molecule has 25 heavy (non-hydrogen) atoms. The predicted molar refractivity (Wildman–Crippen MR) is 83.3 cm³/mol. The van der Waals surface area contributed by atoms with Crippen LogP contribution in [0.5, 0.6) is 0 Å². The molecular formula is C16H16F3N3O3. The van der Waals surface area contributed by atoms with E-state index in [4.69, 9.17) is 0 Å². The topological polar surface area (TPSA) is 73.2 Å². The number of ether oxygens (including phenoxy) is 1. The summed E-state index contributed by atoms with van der Waals surface area (Å²) < 4.78 is 45.3. The molecule has 0 spiro atoms. The summed E-state index contributed by atoms with van der Waals surface area (Å²) in [6.07, 6.45) is -4.54. The number of carbonyl (C=O) groups is 2. The van der Waals surface area contributed by atoms with E-state index in [9.17, 15) is 22.8 Å². The second kappa shape index (κ2) is 6.96. The zero-order chi connectivity index (χ0) is 18.8. The second-order valence-corrected chi connectivity index (χ2v) is 5.30. The van der Waals surface area contributed by atoms with Gasteiger partial charge in [-0.25, -0.2) is 4.68 Å². The van der Waals surface area contributed by atoms with Crippen molar-refractivity contribution in [2.75, 3.05) is 11.9 Å². The van der Waals surface area contributed by atoms with Crippen molar-refractivity contribution in [3.8, 4) is 5.69 Å². The number of para-hydroxylation sites is 1. The number of anilines is 1. The van der Waals surface area contributed by atoms with Crippen LogP contribution in [0.25, 0.3) is 5.69 Å². The van der Waals surface area contributed by atoms with Gasteiger partial charge in [-0.15, -0.1) is 0 Å². The van der Waals surface area contributed by atoms with Gasteiger partial charge in [-0.05, 0) is 26.0 Å². The molecule has 0 aliphatic carbocycles. The fraction of sp³-hybridized carbons (Fsp3) is 0.312. The van der Waals surface area contributed by atoms with E-state index in [2.05, 4.69) is 15.2 Å². The maximum absolute atomic E-state index is 13.2. The number of halogens is 3. The Balaban J connectivity index is 2.38. The number of nitrogens with one attached hydrogen (secondary N) is 1. The van der Waals surface area contributed by atoms with Crippen LogP contribution in [-0.4, -0.2) is 28.3 Å². The number of benzene rings is 1. The van der Waals surface area contributed by atoms with Crippen molar-refractivity contribution >= 4 is 17.6 Å². The summed E-state index contributed by atoms with van der Waals surface area (Å²) in [7, 11) is 0. The summed E-state index contributed by atoms with van der Waals surface area (Å²) in [6, 6.07) is 5.03. The van der Waals surface area contributed by atoms with Gasteiger partial charge >= 0.3 is 12.1 Å². The van der Waals surface area contributed by atoms with E-state index in [-0.39, 0.29) is 11.4 Å². The molecule has 0 aliphatic heterocycles. The van der Waals surface area contributed by atoms with Gasteiger partial charge in [0.2, 0.25) is 0 Å². The molecule has 1 aromatic carbocycles. The van der Waals surface area contributed by atoms with Gasteiger partial charge in [-0.3, -0.25) is 9.59 Å². The van der Waals surface area contributed by atoms with E-state index in [1.807, 2.05) is 0 Å². The molecule has 1 aromatic heterocycles. The number of esters is 1. The highest BCUT2D eigenvalue weighted by Gasteiger charge is 2.34. The number of hydrogen-bond acceptors (Lipinski definition) is 4. The van der Waals surface area contributed by atoms with E-state index >= 15 is 0 Å². The number of carbonyl (C=O) groups excluding carboxylic acids is 2. The molecule has 0 saturated heterocycles. The monoisotopic (exact) mass is 355 g/mol. The molecule has 1 N–H and O–H groups in total. The SMILES string of the molecule is CC(=O)OCC(=O)Nc1c(C)nn(-c2ccccc2C(F)(F)F)c1C. The third-order valence-electron chi connectivity index (χ3n) is 3.40. The number of nitrogens with zero attached hydrogens (tertiary/aromatic N) is 2. The molecule has 134 valence electrons. The summed E-state index contributed by atoms with van der Waals surface area (Å²) in [4.78, 5) is 22.5. The van der Waals surface area contributed by atoms with E-state index in [0.29, 0.717) is 11.4 Å². The Hall–Kier alpha value is -2.84. The van der Waals surface area contributed by atoms with Crippen LogP contribution >= 0.6 is 0 Å². The van der Waals surface area contributed by atoms with Gasteiger partial charge in [-0.2, -0.15) is 18.3 Å². The van der Waals surface area contributed by atoms with Gasteiger partial charge in [0.05, 0.1) is 28.3 Å². The molecule has 0 aliphatic rings. The van der Waals surface area contributed by atoms with Crippen molar-refractivity contribution in [1.82, 2.24) is 9.78 Å². The van der Waals surface area contributed by atoms with Crippen LogP contribution in [0.3, 0.4) is 0 Å². The maximum Gasteiger partial charge on any atom is 0.418 e. The van der Waals surface area contributed by atoms with Crippen molar-refractivity contribution in [3.63, 3.8) is 0 Å². The lowest BCUT2D eigenvalue weighted by Crippen LogP contribution is -2.20. The lowest BCUT2D eigenvalue weighted by atomic mass is 10.1. The Bertz CT molecular complexity index is 813. The van der Waals surface area contributed by atoms with Gasteiger partial charge < -0.3 is 10.1 Å². The number of aromatic nitrogens is 2. The molecule has 0 saturated carbocycles. The molecule has 9 heteroatoms. The lowest BCUT2D eigenvalue weighted by Gasteiger charge is -2.14. The molecular weight excluding hydrogens is 339 g/mol. The van der Waals surface area contributed by atoms with Crippen LogP contribution in [0.2, 0.25) is 0 Å². The van der Waals surface area contributed by atoms with Crippen LogP contribution in [0, 0.1) is 13.8 Å². The average molecular weight is 355 g/mol. The van der Waals surface area contributed by atoms with Gasteiger partial charge in [0, 0.05) is 6.92 Å². The van der Waals surface area contributed by atoms with E-state index in [0.717, 1.165) is 17.7 Å². The highest BCUT2D eigenvalue weighted by atomic mass is 19.4. The van der Waals surface area contributed by atoms with Crippen LogP contribution in [0.1, 0.15) is 23.9 Å². The summed E-state index contributed by atoms with van der Waals surface area (Å²) in [6.45, 7) is 3.77. The fourth-order valence-electron chi connectivity index (χ4n) is 2.30. The lowest BCUT2D eigenvalue weighted by molar-refractivity contribution is -0.145. The highest BCUT2D eigenvalue weighted by molar-refractivity contribution is 5.93. The quantitative estimate of drug-likeness (QED) is 0.856. The molecule has 6 nitrogen and oxygen atoms in total. The summed E-state index contributed by atoms with van der Waals surface area (Å²) >= 11 is 0. The van der Waals surface area contributed by atoms with Gasteiger partial charge in [0.15, 0.2) is 6.61 Å². The second-order valence-electron chi connectivity index (χ2n) is 5.30. The number of hydrogen-bond donors (Lipinski definition) is 1. The zero-order valence-corrected chi connectivity index (χ0v) is 13.8. The Morgan fingerprint density at radius 2 is 1.88 bits per heavy atom. The number of rotatable bonds is 4. The zero-order valence-electron chi connectivity index (χ0n) is 13.8. The first-order chi connectivity index (χ1) is 11.6. The Labute approximate surface area is 141 Å². The fourth-order valence-corrected chi connectivity index (χ4v) is 2.30. The maximum atomic E-state index is 13.2. The molecule has 2 rings (SSSR count). The molecule has 1 heterocycles. The van der Waals surface area contributed by atoms with Gasteiger partial charge in [0.25, 0.3) is 5.91 Å². The van der Waals surface area contributed by atoms with Gasteiger partial charge in [-0.1, -0.05) is 12.1 Å². The molecule has 2 aromatic rings. The first kappa shape index (κ1) is 18.5. The Kier molecular flexibility index (Phi) is 5.15. The van der Waals surface area contributed by atoms with Gasteiger partial charge in [0.1, 0.15) is 0 Å². The molecule has 0 fully saturated rings. The summed E-state index contributed by atoms with van der Waals surface area (Å²) in [5, 5.41) is 6.60. The number of amides is 1. The minimum atomic E-state index is -4.54. The molecule has 1 amide bonds. The highest BCUT2D eigenvalue weighted by Crippen LogP contribution is 2.35. The van der Waals surface area contributed by atoms with Crippen molar-refractivity contribution < 1.29 is 27.5 Å². The number of aryl methyl sites for hydroxylation is 1. The van der Waals surface area contributed by atoms with Crippen LogP contribution in [-0.2, 0) is 20.5 Å². The molecule has 0 radical (unpaired) electrons. The molecule has 0 unspecified atom stereocenters. The average Bonchev–Trinajstić information content (AvgIpc) is 2.80. The molecule has 0 atom stereocenters. The largest absolute Gasteiger partial charge is 0.456 e. The molecule has 0 bridgehead atoms.